The van der Waals surface area contributed by atoms with E-state index in [1.54, 1.807) is 20.8 Å². The molecule has 1 saturated heterocycles. The zero-order chi connectivity index (χ0) is 23.7. The van der Waals surface area contributed by atoms with Gasteiger partial charge in [-0.1, -0.05) is 12.7 Å². The number of anilines is 1. The molecular formula is C22H30N2O7S. The number of hydrogen-bond donors (Lipinski definition) is 1. The van der Waals surface area contributed by atoms with Gasteiger partial charge in [-0.05, 0) is 45.7 Å². The summed E-state index contributed by atoms with van der Waals surface area (Å²) in [5.74, 6) is -2.10. The first kappa shape index (κ1) is 25.5. The fourth-order valence-electron chi connectivity index (χ4n) is 3.47. The van der Waals surface area contributed by atoms with E-state index in [9.17, 15) is 19.2 Å². The van der Waals surface area contributed by atoms with Crippen molar-refractivity contribution in [3.05, 3.63) is 28.7 Å². The maximum atomic E-state index is 12.7. The van der Waals surface area contributed by atoms with Gasteiger partial charge in [-0.2, -0.15) is 0 Å². The third kappa shape index (κ3) is 6.64. The molecule has 0 bridgehead atoms. The fraction of sp³-hybridized carbons (Fsp3) is 0.545. The molecule has 1 aromatic heterocycles. The Morgan fingerprint density at radius 2 is 1.88 bits per heavy atom. The Morgan fingerprint density at radius 1 is 1.16 bits per heavy atom. The minimum absolute atomic E-state index is 0.0310. The van der Waals surface area contributed by atoms with E-state index in [0.29, 0.717) is 25.3 Å². The lowest BCUT2D eigenvalue weighted by molar-refractivity contribution is -0.150. The lowest BCUT2D eigenvalue weighted by Crippen LogP contribution is -2.43. The average molecular weight is 467 g/mol. The average Bonchev–Trinajstić information content (AvgIpc) is 3.08. The van der Waals surface area contributed by atoms with Crippen LogP contribution < -0.4 is 5.32 Å². The third-order valence-corrected chi connectivity index (χ3v) is 6.08. The molecule has 0 aliphatic carbocycles. The molecule has 1 N–H and O–H groups in total. The SMILES string of the molecule is C=CCOC(=O)c1sc(NC(=O)CN2CCCC(C(=O)OCC)C2)c(C(=O)OCC)c1C. The first-order valence-electron chi connectivity index (χ1n) is 10.6. The summed E-state index contributed by atoms with van der Waals surface area (Å²) in [6, 6.07) is 0. The summed E-state index contributed by atoms with van der Waals surface area (Å²) in [5.41, 5.74) is 0.525. The number of carbonyl (C=O) groups is 4. The van der Waals surface area contributed by atoms with Gasteiger partial charge in [-0.3, -0.25) is 14.5 Å². The van der Waals surface area contributed by atoms with Crippen molar-refractivity contribution in [3.63, 3.8) is 0 Å². The Kier molecular flexibility index (Phi) is 9.86. The van der Waals surface area contributed by atoms with Gasteiger partial charge < -0.3 is 19.5 Å². The number of rotatable bonds is 10. The zero-order valence-electron chi connectivity index (χ0n) is 18.7. The number of nitrogens with one attached hydrogen (secondary N) is 1. The number of amides is 1. The van der Waals surface area contributed by atoms with E-state index in [1.165, 1.54) is 6.08 Å². The van der Waals surface area contributed by atoms with Crippen molar-refractivity contribution in [3.8, 4) is 0 Å². The maximum absolute atomic E-state index is 12.7. The molecule has 0 aromatic carbocycles. The van der Waals surface area contributed by atoms with Crippen LogP contribution in [0.3, 0.4) is 0 Å². The summed E-state index contributed by atoms with van der Waals surface area (Å²) in [6.45, 7) is 10.2. The monoisotopic (exact) mass is 466 g/mol. The molecule has 1 aliphatic rings. The largest absolute Gasteiger partial charge is 0.466 e. The Bertz CT molecular complexity index is 865. The second kappa shape index (κ2) is 12.4. The van der Waals surface area contributed by atoms with E-state index in [-0.39, 0.29) is 53.0 Å². The third-order valence-electron chi connectivity index (χ3n) is 4.89. The van der Waals surface area contributed by atoms with Gasteiger partial charge in [0.25, 0.3) is 0 Å². The molecule has 1 aliphatic heterocycles. The number of carbonyl (C=O) groups excluding carboxylic acids is 4. The highest BCUT2D eigenvalue weighted by Crippen LogP contribution is 2.34. The Balaban J connectivity index is 2.14. The molecule has 32 heavy (non-hydrogen) atoms. The van der Waals surface area contributed by atoms with Crippen LogP contribution in [0.5, 0.6) is 0 Å². The van der Waals surface area contributed by atoms with Gasteiger partial charge in [-0.25, -0.2) is 9.59 Å². The molecule has 1 aromatic rings. The van der Waals surface area contributed by atoms with Crippen molar-refractivity contribution in [2.45, 2.75) is 33.6 Å². The number of hydrogen-bond acceptors (Lipinski definition) is 9. The molecule has 9 nitrogen and oxygen atoms in total. The molecule has 2 rings (SSSR count). The lowest BCUT2D eigenvalue weighted by Gasteiger charge is -2.30. The van der Waals surface area contributed by atoms with Crippen LogP contribution in [0, 0.1) is 12.8 Å². The van der Waals surface area contributed by atoms with Gasteiger partial charge in [-0.15, -0.1) is 11.3 Å². The predicted octanol–water partition coefficient (Wildman–Crippen LogP) is 2.79. The summed E-state index contributed by atoms with van der Waals surface area (Å²) >= 11 is 0.967. The maximum Gasteiger partial charge on any atom is 0.348 e. The van der Waals surface area contributed by atoms with Crippen LogP contribution in [-0.2, 0) is 23.8 Å². The van der Waals surface area contributed by atoms with Crippen LogP contribution in [0.15, 0.2) is 12.7 Å². The van der Waals surface area contributed by atoms with E-state index in [0.717, 1.165) is 24.2 Å². The molecule has 0 radical (unpaired) electrons. The van der Waals surface area contributed by atoms with Crippen molar-refractivity contribution >= 4 is 40.2 Å². The molecule has 1 atom stereocenters. The smallest absolute Gasteiger partial charge is 0.348 e. The summed E-state index contributed by atoms with van der Waals surface area (Å²) < 4.78 is 15.3. The molecule has 1 fully saturated rings. The summed E-state index contributed by atoms with van der Waals surface area (Å²) in [7, 11) is 0. The number of piperidine rings is 1. The summed E-state index contributed by atoms with van der Waals surface area (Å²) in [6.07, 6.45) is 2.95. The van der Waals surface area contributed by atoms with Gasteiger partial charge in [0.05, 0.1) is 31.2 Å². The molecule has 0 saturated carbocycles. The molecule has 2 heterocycles. The van der Waals surface area contributed by atoms with E-state index in [2.05, 4.69) is 11.9 Å². The van der Waals surface area contributed by atoms with Crippen molar-refractivity contribution in [2.75, 3.05) is 44.8 Å². The van der Waals surface area contributed by atoms with Crippen LogP contribution in [0.1, 0.15) is 52.3 Å². The van der Waals surface area contributed by atoms with Crippen LogP contribution in [0.4, 0.5) is 5.00 Å². The fourth-order valence-corrected chi connectivity index (χ4v) is 4.57. The predicted molar refractivity (Wildman–Crippen MR) is 120 cm³/mol. The quantitative estimate of drug-likeness (QED) is 0.318. The Morgan fingerprint density at radius 3 is 2.53 bits per heavy atom. The van der Waals surface area contributed by atoms with Crippen LogP contribution >= 0.6 is 11.3 Å². The molecule has 0 spiro atoms. The second-order valence-electron chi connectivity index (χ2n) is 7.24. The van der Waals surface area contributed by atoms with E-state index >= 15 is 0 Å². The second-order valence-corrected chi connectivity index (χ2v) is 8.26. The Labute approximate surface area is 191 Å². The number of likely N-dealkylation sites (tertiary alicyclic amines) is 1. The Hall–Kier alpha value is -2.72. The van der Waals surface area contributed by atoms with Gasteiger partial charge in [0.2, 0.25) is 5.91 Å². The van der Waals surface area contributed by atoms with Gasteiger partial charge in [0.15, 0.2) is 0 Å². The summed E-state index contributed by atoms with van der Waals surface area (Å²) in [4.78, 5) is 51.7. The number of ether oxygens (including phenoxy) is 3. The first-order chi connectivity index (χ1) is 15.3. The highest BCUT2D eigenvalue weighted by Gasteiger charge is 2.30. The number of esters is 3. The van der Waals surface area contributed by atoms with E-state index < -0.39 is 11.9 Å². The van der Waals surface area contributed by atoms with Crippen molar-refractivity contribution in [1.82, 2.24) is 4.90 Å². The van der Waals surface area contributed by atoms with Crippen LogP contribution in [-0.4, -0.2) is 68.2 Å². The van der Waals surface area contributed by atoms with Crippen LogP contribution in [0.2, 0.25) is 0 Å². The normalized spacial score (nSPS) is 16.2. The summed E-state index contributed by atoms with van der Waals surface area (Å²) in [5, 5.41) is 2.96. The minimum Gasteiger partial charge on any atom is -0.466 e. The number of thiophene rings is 1. The number of nitrogens with zero attached hydrogens (tertiary/aromatic N) is 1. The zero-order valence-corrected chi connectivity index (χ0v) is 19.5. The van der Waals surface area contributed by atoms with Crippen LogP contribution in [0.25, 0.3) is 0 Å². The lowest BCUT2D eigenvalue weighted by atomic mass is 9.98. The standard InChI is InChI=1S/C22H30N2O7S/c1-5-11-31-22(28)18-14(4)17(21(27)30-7-3)19(32-18)23-16(25)13-24-10-8-9-15(12-24)20(26)29-6-2/h5,15H,1,6-13H2,2-4H3,(H,23,25). The first-order valence-corrected chi connectivity index (χ1v) is 11.4. The van der Waals surface area contributed by atoms with Crippen molar-refractivity contribution in [1.29, 1.82) is 0 Å². The van der Waals surface area contributed by atoms with E-state index in [4.69, 9.17) is 14.2 Å². The molecule has 176 valence electrons. The van der Waals surface area contributed by atoms with Crippen molar-refractivity contribution < 1.29 is 33.4 Å². The topological polar surface area (TPSA) is 111 Å². The molecule has 1 amide bonds. The van der Waals surface area contributed by atoms with E-state index in [1.807, 2.05) is 4.90 Å². The van der Waals surface area contributed by atoms with Crippen molar-refractivity contribution in [2.24, 2.45) is 5.92 Å². The highest BCUT2D eigenvalue weighted by atomic mass is 32.1. The molecule has 1 unspecified atom stereocenters. The minimum atomic E-state index is -0.625. The van der Waals surface area contributed by atoms with Gasteiger partial charge >= 0.3 is 17.9 Å². The van der Waals surface area contributed by atoms with Gasteiger partial charge in [0.1, 0.15) is 16.5 Å². The molecule has 10 heteroatoms. The van der Waals surface area contributed by atoms with Gasteiger partial charge in [0, 0.05) is 6.54 Å². The highest BCUT2D eigenvalue weighted by molar-refractivity contribution is 7.18. The molecular weight excluding hydrogens is 436 g/mol.